The van der Waals surface area contributed by atoms with E-state index in [9.17, 15) is 4.79 Å². The van der Waals surface area contributed by atoms with Gasteiger partial charge < -0.3 is 5.11 Å². The second kappa shape index (κ2) is 42.6. The van der Waals surface area contributed by atoms with E-state index in [1.54, 1.807) is 0 Å². The Hall–Kier alpha value is -1.57. The Bertz CT molecular complexity index is 610. The molecule has 0 bridgehead atoms. The summed E-state index contributed by atoms with van der Waals surface area (Å²) in [7, 11) is 0. The molecule has 0 aromatic carbocycles. The van der Waals surface area contributed by atoms with Crippen LogP contribution in [0.2, 0.25) is 0 Å². The molecule has 2 nitrogen and oxygen atoms in total. The molecule has 0 fully saturated rings. The summed E-state index contributed by atoms with van der Waals surface area (Å²) in [6.07, 6.45) is 55.2. The van der Waals surface area contributed by atoms with E-state index in [2.05, 4.69) is 69.4 Å². The van der Waals surface area contributed by atoms with Crippen molar-refractivity contribution in [2.75, 3.05) is 0 Å². The van der Waals surface area contributed by atoms with Crippen molar-refractivity contribution in [1.82, 2.24) is 0 Å². The summed E-state index contributed by atoms with van der Waals surface area (Å²) in [5, 5.41) is 8.49. The lowest BCUT2D eigenvalue weighted by Gasteiger charge is -2.03. The average molecular weight is 601 g/mol. The molecule has 0 aromatic rings. The van der Waals surface area contributed by atoms with Gasteiger partial charge >= 0.3 is 5.97 Å². The predicted molar refractivity (Wildman–Crippen MR) is 195 cm³/mol. The van der Waals surface area contributed by atoms with Gasteiger partial charge in [-0.15, -0.1) is 0 Å². The molecule has 0 atom stereocenters. The van der Waals surface area contributed by atoms with Gasteiger partial charge in [-0.2, -0.15) is 0 Å². The molecule has 2 heteroatoms. The standard InChI is InChI=1S/C21H44.C20H32O2/c1-3-5-7-9-11-13-15-17-19-21-20-18-16-14-12-10-8-6-4-2;1-2-3-4-5-6-7-8-9-10-11-12-13-14-15-16-17-18-19-20(21)22/h3-21H2,1-2H3;6-7,9-10,12-13,15-16H,2-5,8,11,14,17-19H2,1H3,(H,21,22)/b;7-6-,10-9-,13-12-,16-15-. The number of carboxylic acid groups (broad SMARTS) is 1. The molecule has 43 heavy (non-hydrogen) atoms. The van der Waals surface area contributed by atoms with Crippen molar-refractivity contribution in [3.63, 3.8) is 0 Å². The van der Waals surface area contributed by atoms with E-state index in [1.807, 2.05) is 0 Å². The SMILES string of the molecule is CCCCC/C=C\C/C=C\C/C=C\C/C=C\CCCC(=O)O.CCCCCCCCCCCCCCCCCCCCC. The zero-order chi connectivity index (χ0) is 31.7. The van der Waals surface area contributed by atoms with Gasteiger partial charge in [0.1, 0.15) is 0 Å². The molecule has 0 rings (SSSR count). The third kappa shape index (κ3) is 47.6. The molecule has 0 amide bonds. The molecule has 0 heterocycles. The van der Waals surface area contributed by atoms with E-state index < -0.39 is 5.97 Å². The van der Waals surface area contributed by atoms with E-state index in [1.165, 1.54) is 148 Å². The second-order valence-electron chi connectivity index (χ2n) is 12.4. The summed E-state index contributed by atoms with van der Waals surface area (Å²) in [6, 6.07) is 0. The van der Waals surface area contributed by atoms with Gasteiger partial charge in [0.2, 0.25) is 0 Å². The molecular formula is C41H76O2. The summed E-state index contributed by atoms with van der Waals surface area (Å²) >= 11 is 0. The van der Waals surface area contributed by atoms with Crippen molar-refractivity contribution in [2.24, 2.45) is 0 Å². The monoisotopic (exact) mass is 601 g/mol. The van der Waals surface area contributed by atoms with Crippen molar-refractivity contribution in [3.8, 4) is 0 Å². The quantitative estimate of drug-likeness (QED) is 0.0616. The minimum absolute atomic E-state index is 0.262. The maximum atomic E-state index is 10.3. The van der Waals surface area contributed by atoms with Crippen LogP contribution in [-0.2, 0) is 4.79 Å². The van der Waals surface area contributed by atoms with Crippen molar-refractivity contribution in [3.05, 3.63) is 48.6 Å². The summed E-state index contributed by atoms with van der Waals surface area (Å²) in [6.45, 7) is 6.83. The van der Waals surface area contributed by atoms with Gasteiger partial charge in [-0.05, 0) is 44.9 Å². The predicted octanol–water partition coefficient (Wildman–Crippen LogP) is 14.7. The minimum Gasteiger partial charge on any atom is -0.481 e. The third-order valence-corrected chi connectivity index (χ3v) is 7.93. The molecule has 0 aromatic heterocycles. The average Bonchev–Trinajstić information content (AvgIpc) is 3.00. The van der Waals surface area contributed by atoms with Crippen LogP contribution in [-0.4, -0.2) is 11.1 Å². The molecule has 0 unspecified atom stereocenters. The molecule has 0 spiro atoms. The molecule has 252 valence electrons. The summed E-state index contributed by atoms with van der Waals surface area (Å²) in [5.74, 6) is -0.712. The maximum Gasteiger partial charge on any atom is 0.303 e. The summed E-state index contributed by atoms with van der Waals surface area (Å²) < 4.78 is 0. The molecule has 0 radical (unpaired) electrons. The highest BCUT2D eigenvalue weighted by molar-refractivity contribution is 5.66. The van der Waals surface area contributed by atoms with Gasteiger partial charge in [-0.3, -0.25) is 4.79 Å². The number of unbranched alkanes of at least 4 members (excludes halogenated alkanes) is 22. The van der Waals surface area contributed by atoms with Gasteiger partial charge in [0, 0.05) is 6.42 Å². The van der Waals surface area contributed by atoms with Gasteiger partial charge in [-0.25, -0.2) is 0 Å². The van der Waals surface area contributed by atoms with Gasteiger partial charge in [0.15, 0.2) is 0 Å². The fourth-order valence-corrected chi connectivity index (χ4v) is 5.08. The first-order valence-electron chi connectivity index (χ1n) is 19.0. The number of allylic oxidation sites excluding steroid dienone is 8. The van der Waals surface area contributed by atoms with Crippen LogP contribution in [0.3, 0.4) is 0 Å². The minimum atomic E-state index is -0.712. The number of aliphatic carboxylic acids is 1. The topological polar surface area (TPSA) is 37.3 Å². The molecule has 0 aliphatic rings. The Balaban J connectivity index is 0. The highest BCUT2D eigenvalue weighted by Crippen LogP contribution is 2.14. The van der Waals surface area contributed by atoms with E-state index in [-0.39, 0.29) is 6.42 Å². The van der Waals surface area contributed by atoms with Crippen molar-refractivity contribution in [1.29, 1.82) is 0 Å². The summed E-state index contributed by atoms with van der Waals surface area (Å²) in [4.78, 5) is 10.3. The molecule has 0 aliphatic heterocycles. The Morgan fingerprint density at radius 2 is 0.628 bits per heavy atom. The number of rotatable bonds is 32. The first-order valence-corrected chi connectivity index (χ1v) is 19.0. The molecule has 0 saturated carbocycles. The Morgan fingerprint density at radius 1 is 0.372 bits per heavy atom. The Labute approximate surface area is 271 Å². The third-order valence-electron chi connectivity index (χ3n) is 7.93. The largest absolute Gasteiger partial charge is 0.481 e. The lowest BCUT2D eigenvalue weighted by atomic mass is 10.0. The van der Waals surface area contributed by atoms with Crippen LogP contribution in [0.4, 0.5) is 0 Å². The van der Waals surface area contributed by atoms with Crippen LogP contribution in [0.5, 0.6) is 0 Å². The normalized spacial score (nSPS) is 11.8. The molecule has 0 aliphatic carbocycles. The van der Waals surface area contributed by atoms with E-state index >= 15 is 0 Å². The number of hydrogen-bond donors (Lipinski definition) is 1. The first-order chi connectivity index (χ1) is 21.2. The zero-order valence-corrected chi connectivity index (χ0v) is 29.5. The summed E-state index contributed by atoms with van der Waals surface area (Å²) in [5.41, 5.74) is 0. The van der Waals surface area contributed by atoms with Crippen LogP contribution in [0, 0.1) is 0 Å². The molecule has 0 saturated heterocycles. The van der Waals surface area contributed by atoms with Crippen LogP contribution >= 0.6 is 0 Å². The van der Waals surface area contributed by atoms with Gasteiger partial charge in [0.25, 0.3) is 0 Å². The van der Waals surface area contributed by atoms with Crippen LogP contribution < -0.4 is 0 Å². The van der Waals surface area contributed by atoms with Crippen LogP contribution in [0.15, 0.2) is 48.6 Å². The smallest absolute Gasteiger partial charge is 0.303 e. The van der Waals surface area contributed by atoms with Gasteiger partial charge in [0.05, 0.1) is 0 Å². The highest BCUT2D eigenvalue weighted by Gasteiger charge is 1.95. The number of carboxylic acids is 1. The lowest BCUT2D eigenvalue weighted by Crippen LogP contribution is -1.92. The lowest BCUT2D eigenvalue weighted by molar-refractivity contribution is -0.137. The maximum absolute atomic E-state index is 10.3. The van der Waals surface area contributed by atoms with Crippen LogP contribution in [0.1, 0.15) is 207 Å². The van der Waals surface area contributed by atoms with E-state index in [4.69, 9.17) is 5.11 Å². The molecular weight excluding hydrogens is 524 g/mol. The van der Waals surface area contributed by atoms with E-state index in [0.717, 1.165) is 32.1 Å². The highest BCUT2D eigenvalue weighted by atomic mass is 16.4. The van der Waals surface area contributed by atoms with Gasteiger partial charge in [-0.1, -0.05) is 204 Å². The number of hydrogen-bond acceptors (Lipinski definition) is 1. The van der Waals surface area contributed by atoms with E-state index in [0.29, 0.717) is 0 Å². The Kier molecular flexibility index (Phi) is 43.1. The van der Waals surface area contributed by atoms with Crippen LogP contribution in [0.25, 0.3) is 0 Å². The van der Waals surface area contributed by atoms with Crippen molar-refractivity contribution >= 4 is 5.97 Å². The second-order valence-corrected chi connectivity index (χ2v) is 12.4. The van der Waals surface area contributed by atoms with Crippen molar-refractivity contribution < 1.29 is 9.90 Å². The fraction of sp³-hybridized carbons (Fsp3) is 0.780. The Morgan fingerprint density at radius 3 is 0.930 bits per heavy atom. The van der Waals surface area contributed by atoms with Crippen molar-refractivity contribution in [2.45, 2.75) is 207 Å². The zero-order valence-electron chi connectivity index (χ0n) is 29.5. The number of carbonyl (C=O) groups is 1. The molecule has 1 N–H and O–H groups in total. The fourth-order valence-electron chi connectivity index (χ4n) is 5.08. The first kappa shape index (κ1) is 43.6.